The molecule has 4 aromatic rings. The number of esters is 2. The number of ether oxygens (including phenoxy) is 2. The predicted octanol–water partition coefficient (Wildman–Crippen LogP) is 9.20. The summed E-state index contributed by atoms with van der Waals surface area (Å²) in [7, 11) is 2.82. The molecule has 0 amide bonds. The standard InChI is InChI=1S/C42H46N4O5/c1-9-28-24(5)41-40(26-11-13-27(47)14-12-26)42-25(6)29(10-2)35(46-42)20-33-23(4)31(16-18-39(49)51-8)37(44-33)21-36-30(15-17-38(48)50-7)22(3)32(43-36)19-34(28)45-41/h11-14,19-21,43-44,47H,9-10,15-18H2,1-8H3. The second kappa shape index (κ2) is 14.4. The molecule has 2 aliphatic rings. The molecular formula is C42H46N4O5. The zero-order chi connectivity index (χ0) is 36.6. The van der Waals surface area contributed by atoms with E-state index >= 15 is 0 Å². The Hall–Kier alpha value is -5.44. The van der Waals surface area contributed by atoms with Gasteiger partial charge in [-0.3, -0.25) is 9.59 Å². The maximum absolute atomic E-state index is 12.3. The van der Waals surface area contributed by atoms with Crippen LogP contribution in [0.15, 0.2) is 42.5 Å². The van der Waals surface area contributed by atoms with Crippen molar-refractivity contribution >= 4 is 56.3 Å². The van der Waals surface area contributed by atoms with Gasteiger partial charge in [0.05, 0.1) is 37.0 Å². The molecule has 5 heterocycles. The summed E-state index contributed by atoms with van der Waals surface area (Å²) in [5.41, 5.74) is 17.4. The number of carbonyl (C=O) groups is 2. The molecule has 9 heteroatoms. The quantitative estimate of drug-likeness (QED) is 0.150. The number of nitrogens with one attached hydrogen (secondary N) is 2. The molecule has 0 fully saturated rings. The summed E-state index contributed by atoms with van der Waals surface area (Å²) in [6.07, 6.45) is 3.01. The topological polar surface area (TPSA) is 130 Å². The van der Waals surface area contributed by atoms with Crippen LogP contribution in [0.5, 0.6) is 5.75 Å². The van der Waals surface area contributed by atoms with E-state index in [1.54, 1.807) is 12.1 Å². The van der Waals surface area contributed by atoms with Gasteiger partial charge < -0.3 is 24.5 Å². The van der Waals surface area contributed by atoms with Crippen LogP contribution in [0.4, 0.5) is 0 Å². The fourth-order valence-electron chi connectivity index (χ4n) is 7.46. The number of methoxy groups -OCH3 is 2. The molecule has 0 saturated heterocycles. The number of aromatic hydroxyl groups is 1. The van der Waals surface area contributed by atoms with Gasteiger partial charge in [-0.1, -0.05) is 26.0 Å². The van der Waals surface area contributed by atoms with Gasteiger partial charge in [-0.25, -0.2) is 9.97 Å². The first-order chi connectivity index (χ1) is 24.5. The molecule has 51 heavy (non-hydrogen) atoms. The Labute approximate surface area is 298 Å². The van der Waals surface area contributed by atoms with Crippen LogP contribution in [0, 0.1) is 13.8 Å². The highest BCUT2D eigenvalue weighted by molar-refractivity contribution is 6.02. The SMILES string of the molecule is CCC1=C(C)c2nc1cc1[nH]c(cc3[nH]c(cc4nc(c2-c2ccc(O)cc2)C(C)=C4CC)c(C)c3CCC(=O)OC)c(CCC(=O)OC)c1C. The van der Waals surface area contributed by atoms with Crippen molar-refractivity contribution < 1.29 is 24.2 Å². The van der Waals surface area contributed by atoms with Gasteiger partial charge >= 0.3 is 11.9 Å². The highest BCUT2D eigenvalue weighted by atomic mass is 16.5. The van der Waals surface area contributed by atoms with Crippen LogP contribution in [0.2, 0.25) is 0 Å². The molecule has 8 bridgehead atoms. The van der Waals surface area contributed by atoms with Crippen LogP contribution in [-0.4, -0.2) is 51.2 Å². The number of hydrogen-bond acceptors (Lipinski definition) is 7. The number of aromatic nitrogens is 4. The summed E-state index contributed by atoms with van der Waals surface area (Å²) >= 11 is 0. The number of fused-ring (bicyclic) bond motifs is 8. The molecule has 9 nitrogen and oxygen atoms in total. The zero-order valence-electron chi connectivity index (χ0n) is 30.8. The van der Waals surface area contributed by atoms with E-state index in [-0.39, 0.29) is 30.5 Å². The molecule has 264 valence electrons. The van der Waals surface area contributed by atoms with E-state index in [9.17, 15) is 14.7 Å². The fraction of sp³-hybridized carbons (Fsp3) is 0.333. The largest absolute Gasteiger partial charge is 0.508 e. The highest BCUT2D eigenvalue weighted by Gasteiger charge is 2.26. The van der Waals surface area contributed by atoms with Crippen molar-refractivity contribution in [1.82, 2.24) is 19.9 Å². The van der Waals surface area contributed by atoms with E-state index in [0.717, 1.165) is 113 Å². The van der Waals surface area contributed by atoms with Crippen LogP contribution in [0.25, 0.3) is 55.5 Å². The van der Waals surface area contributed by atoms with Gasteiger partial charge in [-0.05, 0) is 134 Å². The van der Waals surface area contributed by atoms with E-state index in [0.29, 0.717) is 12.8 Å². The minimum Gasteiger partial charge on any atom is -0.508 e. The Morgan fingerprint density at radius 2 is 1.10 bits per heavy atom. The van der Waals surface area contributed by atoms with Gasteiger partial charge in [0.1, 0.15) is 5.75 Å². The van der Waals surface area contributed by atoms with Crippen molar-refractivity contribution in [3.05, 3.63) is 87.5 Å². The van der Waals surface area contributed by atoms with E-state index in [4.69, 9.17) is 19.4 Å². The normalized spacial score (nSPS) is 12.9. The molecule has 1 aromatic carbocycles. The lowest BCUT2D eigenvalue weighted by atomic mass is 9.93. The van der Waals surface area contributed by atoms with Crippen LogP contribution in [-0.2, 0) is 31.9 Å². The molecule has 6 rings (SSSR count). The summed E-state index contributed by atoms with van der Waals surface area (Å²) in [6, 6.07) is 13.6. The number of aromatic amines is 2. The average molecular weight is 687 g/mol. The number of nitrogens with zero attached hydrogens (tertiary/aromatic N) is 2. The second-order valence-corrected chi connectivity index (χ2v) is 13.2. The lowest BCUT2D eigenvalue weighted by Gasteiger charge is -2.10. The summed E-state index contributed by atoms with van der Waals surface area (Å²) < 4.78 is 10.0. The monoisotopic (exact) mass is 686 g/mol. The third kappa shape index (κ3) is 6.60. The second-order valence-electron chi connectivity index (χ2n) is 13.2. The van der Waals surface area contributed by atoms with E-state index in [2.05, 4.69) is 69.7 Å². The highest BCUT2D eigenvalue weighted by Crippen LogP contribution is 2.43. The number of phenols is 1. The Morgan fingerprint density at radius 3 is 1.49 bits per heavy atom. The number of hydrogen-bond donors (Lipinski definition) is 3. The number of H-pyrrole nitrogens is 2. The molecule has 0 spiro atoms. The maximum Gasteiger partial charge on any atom is 0.305 e. The van der Waals surface area contributed by atoms with Crippen LogP contribution >= 0.6 is 0 Å². The Kier molecular flexibility index (Phi) is 10.0. The fourth-order valence-corrected chi connectivity index (χ4v) is 7.46. The molecule has 0 saturated carbocycles. The Morgan fingerprint density at radius 1 is 0.667 bits per heavy atom. The van der Waals surface area contributed by atoms with Crippen LogP contribution in [0.1, 0.15) is 98.4 Å². The van der Waals surface area contributed by atoms with E-state index < -0.39 is 0 Å². The molecule has 0 aliphatic carbocycles. The Balaban J connectivity index is 1.80. The lowest BCUT2D eigenvalue weighted by molar-refractivity contribution is -0.141. The first-order valence-corrected chi connectivity index (χ1v) is 17.6. The number of phenolic OH excluding ortho intramolecular Hbond substituents is 1. The first-order valence-electron chi connectivity index (χ1n) is 17.6. The van der Waals surface area contributed by atoms with Crippen molar-refractivity contribution in [1.29, 1.82) is 0 Å². The summed E-state index contributed by atoms with van der Waals surface area (Å²) in [5.74, 6) is -0.357. The molecule has 0 unspecified atom stereocenters. The van der Waals surface area contributed by atoms with E-state index in [1.165, 1.54) is 14.2 Å². The van der Waals surface area contributed by atoms with Gasteiger partial charge in [-0.15, -0.1) is 0 Å². The maximum atomic E-state index is 12.3. The average Bonchev–Trinajstić information content (AvgIpc) is 3.79. The molecule has 2 aliphatic heterocycles. The van der Waals surface area contributed by atoms with Crippen molar-refractivity contribution in [3.63, 3.8) is 0 Å². The van der Waals surface area contributed by atoms with Gasteiger partial charge in [0.25, 0.3) is 0 Å². The third-order valence-electron chi connectivity index (χ3n) is 10.4. The summed E-state index contributed by atoms with van der Waals surface area (Å²) in [4.78, 5) is 42.7. The summed E-state index contributed by atoms with van der Waals surface area (Å²) in [5, 5.41) is 10.2. The molecule has 3 N–H and O–H groups in total. The van der Waals surface area contributed by atoms with Gasteiger partial charge in [0.2, 0.25) is 0 Å². The van der Waals surface area contributed by atoms with Gasteiger partial charge in [0.15, 0.2) is 0 Å². The van der Waals surface area contributed by atoms with Crippen molar-refractivity contribution in [3.8, 4) is 16.9 Å². The summed E-state index contributed by atoms with van der Waals surface area (Å²) in [6.45, 7) is 12.7. The predicted molar refractivity (Wildman–Crippen MR) is 204 cm³/mol. The molecular weight excluding hydrogens is 640 g/mol. The minimum atomic E-state index is -0.274. The number of allylic oxidation sites excluding steroid dienone is 4. The number of benzene rings is 1. The molecule has 3 aromatic heterocycles. The zero-order valence-corrected chi connectivity index (χ0v) is 30.8. The smallest absolute Gasteiger partial charge is 0.305 e. The number of aryl methyl sites for hydroxylation is 4. The van der Waals surface area contributed by atoms with Gasteiger partial charge in [0, 0.05) is 40.5 Å². The van der Waals surface area contributed by atoms with Crippen molar-refractivity contribution in [2.75, 3.05) is 14.2 Å². The first kappa shape index (κ1) is 35.4. The lowest BCUT2D eigenvalue weighted by Crippen LogP contribution is -2.02. The van der Waals surface area contributed by atoms with Crippen molar-refractivity contribution in [2.45, 2.75) is 80.1 Å². The molecule has 0 radical (unpaired) electrons. The Bertz CT molecular complexity index is 2150. The number of rotatable bonds is 9. The number of carbonyl (C=O) groups excluding carboxylic acids is 2. The van der Waals surface area contributed by atoms with Gasteiger partial charge in [-0.2, -0.15) is 0 Å². The van der Waals surface area contributed by atoms with Crippen molar-refractivity contribution in [2.24, 2.45) is 0 Å². The van der Waals surface area contributed by atoms with E-state index in [1.807, 2.05) is 12.1 Å². The van der Waals surface area contributed by atoms with Crippen LogP contribution in [0.3, 0.4) is 0 Å². The third-order valence-corrected chi connectivity index (χ3v) is 10.4. The minimum absolute atomic E-state index is 0.192. The molecule has 0 atom stereocenters. The van der Waals surface area contributed by atoms with Crippen LogP contribution < -0.4 is 0 Å².